The Balaban J connectivity index is 2.66. The van der Waals surface area contributed by atoms with E-state index in [1.54, 1.807) is 11.8 Å². The van der Waals surface area contributed by atoms with Crippen LogP contribution in [-0.4, -0.2) is 71.5 Å². The Morgan fingerprint density at radius 1 is 1.07 bits per heavy atom. The van der Waals surface area contributed by atoms with Gasteiger partial charge in [-0.25, -0.2) is 4.79 Å². The maximum Gasteiger partial charge on any atom is 0.326 e. The third kappa shape index (κ3) is 9.03. The lowest BCUT2D eigenvalue weighted by Crippen LogP contribution is -2.56. The van der Waals surface area contributed by atoms with Gasteiger partial charge in [0.25, 0.3) is 0 Å². The molecule has 0 spiro atoms. The van der Waals surface area contributed by atoms with Crippen LogP contribution in [-0.2, 0) is 19.2 Å². The molecule has 1 rings (SSSR count). The van der Waals surface area contributed by atoms with Crippen LogP contribution < -0.4 is 21.3 Å². The van der Waals surface area contributed by atoms with Crippen LogP contribution in [0.4, 0.5) is 0 Å². The molecule has 0 saturated carbocycles. The number of hydrogen-bond acceptors (Lipinski definition) is 6. The topological polar surface area (TPSA) is 137 Å². The Labute approximate surface area is 176 Å². The summed E-state index contributed by atoms with van der Waals surface area (Å²) in [6.07, 6.45) is 4.28. The Kier molecular flexibility index (Phi) is 11.0. The Morgan fingerprint density at radius 2 is 1.76 bits per heavy atom. The second-order valence-electron chi connectivity index (χ2n) is 7.75. The third-order valence-electron chi connectivity index (χ3n) is 4.69. The lowest BCUT2D eigenvalue weighted by Gasteiger charge is -2.23. The predicted octanol–water partition coefficient (Wildman–Crippen LogP) is 0.0965. The van der Waals surface area contributed by atoms with E-state index in [1.165, 1.54) is 6.92 Å². The van der Waals surface area contributed by atoms with Gasteiger partial charge in [0.05, 0.1) is 6.04 Å². The number of thioether (sulfide) groups is 1. The van der Waals surface area contributed by atoms with E-state index in [0.717, 1.165) is 19.4 Å². The highest BCUT2D eigenvalue weighted by atomic mass is 32.2. The molecule has 10 heteroatoms. The van der Waals surface area contributed by atoms with Gasteiger partial charge in [0.15, 0.2) is 0 Å². The number of carbonyl (C=O) groups excluding carboxylic acids is 3. The van der Waals surface area contributed by atoms with Gasteiger partial charge < -0.3 is 26.4 Å². The van der Waals surface area contributed by atoms with E-state index < -0.39 is 35.9 Å². The minimum atomic E-state index is -1.11. The number of carbonyl (C=O) groups is 4. The number of hydrogen-bond donors (Lipinski definition) is 5. The van der Waals surface area contributed by atoms with Crippen molar-refractivity contribution >= 4 is 35.5 Å². The Hall–Kier alpha value is -1.81. The zero-order valence-corrected chi connectivity index (χ0v) is 18.4. The maximum atomic E-state index is 12.7. The molecule has 0 aromatic heterocycles. The second-order valence-corrected chi connectivity index (χ2v) is 8.74. The number of aliphatic carboxylic acids is 1. The normalized spacial score (nSPS) is 19.3. The Bertz CT molecular complexity index is 581. The lowest BCUT2D eigenvalue weighted by molar-refractivity contribution is -0.142. The number of carboxylic acid groups (broad SMARTS) is 1. The molecule has 5 N–H and O–H groups in total. The van der Waals surface area contributed by atoms with Crippen LogP contribution in [0.25, 0.3) is 0 Å². The summed E-state index contributed by atoms with van der Waals surface area (Å²) >= 11 is 1.56. The fourth-order valence-corrected chi connectivity index (χ4v) is 3.53. The quantitative estimate of drug-likeness (QED) is 0.296. The maximum absolute atomic E-state index is 12.7. The molecule has 0 aromatic carbocycles. The van der Waals surface area contributed by atoms with Gasteiger partial charge in [-0.3, -0.25) is 14.4 Å². The van der Waals surface area contributed by atoms with Crippen LogP contribution >= 0.6 is 11.8 Å². The zero-order chi connectivity index (χ0) is 22.0. The van der Waals surface area contributed by atoms with Crippen molar-refractivity contribution in [3.05, 3.63) is 0 Å². The molecule has 29 heavy (non-hydrogen) atoms. The van der Waals surface area contributed by atoms with E-state index in [9.17, 15) is 24.3 Å². The van der Waals surface area contributed by atoms with E-state index >= 15 is 0 Å². The minimum absolute atomic E-state index is 0.0941. The van der Waals surface area contributed by atoms with Gasteiger partial charge in [-0.05, 0) is 57.1 Å². The molecule has 1 saturated heterocycles. The van der Waals surface area contributed by atoms with E-state index in [2.05, 4.69) is 21.3 Å². The molecule has 166 valence electrons. The van der Waals surface area contributed by atoms with Crippen molar-refractivity contribution in [1.29, 1.82) is 0 Å². The summed E-state index contributed by atoms with van der Waals surface area (Å²) in [4.78, 5) is 48.7. The molecule has 0 bridgehead atoms. The molecule has 1 heterocycles. The van der Waals surface area contributed by atoms with Crippen LogP contribution in [0, 0.1) is 5.92 Å². The largest absolute Gasteiger partial charge is 0.480 e. The van der Waals surface area contributed by atoms with Crippen LogP contribution in [0.2, 0.25) is 0 Å². The highest BCUT2D eigenvalue weighted by Gasteiger charge is 2.29. The highest BCUT2D eigenvalue weighted by Crippen LogP contribution is 2.08. The van der Waals surface area contributed by atoms with Crippen LogP contribution in [0.5, 0.6) is 0 Å². The summed E-state index contributed by atoms with van der Waals surface area (Å²) < 4.78 is 0. The molecule has 0 aromatic rings. The first kappa shape index (κ1) is 25.2. The van der Waals surface area contributed by atoms with Crippen molar-refractivity contribution in [2.24, 2.45) is 5.92 Å². The van der Waals surface area contributed by atoms with Gasteiger partial charge in [-0.2, -0.15) is 11.8 Å². The summed E-state index contributed by atoms with van der Waals surface area (Å²) in [6, 6.07) is -2.98. The summed E-state index contributed by atoms with van der Waals surface area (Å²) in [5, 5.41) is 20.2. The smallest absolute Gasteiger partial charge is 0.326 e. The average Bonchev–Trinajstić information content (AvgIpc) is 3.18. The number of carboxylic acids is 1. The van der Waals surface area contributed by atoms with E-state index in [0.29, 0.717) is 18.6 Å². The van der Waals surface area contributed by atoms with Crippen LogP contribution in [0.1, 0.15) is 46.5 Å². The van der Waals surface area contributed by atoms with E-state index in [1.807, 2.05) is 20.1 Å². The van der Waals surface area contributed by atoms with Crippen LogP contribution in [0.15, 0.2) is 0 Å². The predicted molar refractivity (Wildman–Crippen MR) is 113 cm³/mol. The van der Waals surface area contributed by atoms with Gasteiger partial charge in [0.2, 0.25) is 17.7 Å². The number of amides is 3. The number of nitrogens with one attached hydrogen (secondary N) is 4. The van der Waals surface area contributed by atoms with E-state index in [4.69, 9.17) is 0 Å². The fraction of sp³-hybridized carbons (Fsp3) is 0.789. The van der Waals surface area contributed by atoms with Gasteiger partial charge in [0.1, 0.15) is 18.1 Å². The average molecular weight is 431 g/mol. The standard InChI is InChI=1S/C19H34N4O5S/c1-11(2)10-15(19(27)28)23-16(24)12(3)21-18(26)14(7-9-29-4)22-17(25)13-6-5-8-20-13/h11-15,20H,5-10H2,1-4H3,(H,21,26)(H,22,25)(H,23,24)(H,27,28). The molecule has 1 fully saturated rings. The van der Waals surface area contributed by atoms with Crippen molar-refractivity contribution in [3.8, 4) is 0 Å². The molecule has 3 amide bonds. The highest BCUT2D eigenvalue weighted by molar-refractivity contribution is 7.98. The van der Waals surface area contributed by atoms with Crippen molar-refractivity contribution in [2.75, 3.05) is 18.6 Å². The van der Waals surface area contributed by atoms with Gasteiger partial charge in [-0.15, -0.1) is 0 Å². The second kappa shape index (κ2) is 12.7. The van der Waals surface area contributed by atoms with Gasteiger partial charge in [-0.1, -0.05) is 13.8 Å². The first-order valence-electron chi connectivity index (χ1n) is 10.0. The molecule has 0 radical (unpaired) electrons. The molecular weight excluding hydrogens is 396 g/mol. The van der Waals surface area contributed by atoms with Crippen molar-refractivity contribution in [2.45, 2.75) is 70.6 Å². The van der Waals surface area contributed by atoms with Crippen molar-refractivity contribution < 1.29 is 24.3 Å². The van der Waals surface area contributed by atoms with Gasteiger partial charge in [0, 0.05) is 0 Å². The summed E-state index contributed by atoms with van der Waals surface area (Å²) in [5.41, 5.74) is 0. The summed E-state index contributed by atoms with van der Waals surface area (Å²) in [6.45, 7) is 6.00. The summed E-state index contributed by atoms with van der Waals surface area (Å²) in [7, 11) is 0. The number of rotatable bonds is 12. The SMILES string of the molecule is CSCCC(NC(=O)C1CCCN1)C(=O)NC(C)C(=O)NC(CC(C)C)C(=O)O. The zero-order valence-electron chi connectivity index (χ0n) is 17.6. The Morgan fingerprint density at radius 3 is 2.28 bits per heavy atom. The molecule has 1 aliphatic heterocycles. The summed E-state index contributed by atoms with van der Waals surface area (Å²) in [5.74, 6) is -1.59. The first-order chi connectivity index (χ1) is 13.6. The molecule has 1 aliphatic rings. The first-order valence-corrected chi connectivity index (χ1v) is 11.4. The lowest BCUT2D eigenvalue weighted by atomic mass is 10.0. The van der Waals surface area contributed by atoms with E-state index in [-0.39, 0.29) is 17.9 Å². The minimum Gasteiger partial charge on any atom is -0.480 e. The fourth-order valence-electron chi connectivity index (χ4n) is 3.05. The molecule has 4 unspecified atom stereocenters. The van der Waals surface area contributed by atoms with Gasteiger partial charge >= 0.3 is 5.97 Å². The molecular formula is C19H34N4O5S. The van der Waals surface area contributed by atoms with Crippen molar-refractivity contribution in [1.82, 2.24) is 21.3 Å². The van der Waals surface area contributed by atoms with Crippen molar-refractivity contribution in [3.63, 3.8) is 0 Å². The molecule has 4 atom stereocenters. The molecule has 9 nitrogen and oxygen atoms in total. The third-order valence-corrected chi connectivity index (χ3v) is 5.34. The molecule has 0 aliphatic carbocycles. The van der Waals surface area contributed by atoms with Crippen LogP contribution in [0.3, 0.4) is 0 Å². The monoisotopic (exact) mass is 430 g/mol.